The molecule has 5 nitrogen and oxygen atoms in total. The second-order valence-electron chi connectivity index (χ2n) is 5.32. The van der Waals surface area contributed by atoms with E-state index < -0.39 is 9.84 Å². The Balaban J connectivity index is 1.81. The third-order valence-corrected chi connectivity index (χ3v) is 6.07. The fraction of sp³-hybridized carbons (Fsp3) is 0.267. The van der Waals surface area contributed by atoms with Gasteiger partial charge in [0.1, 0.15) is 5.69 Å². The number of benzene rings is 1. The van der Waals surface area contributed by atoms with Crippen LogP contribution in [0, 0.1) is 3.57 Å². The number of carbonyl (C=O) groups is 1. The minimum atomic E-state index is -3.00. The maximum atomic E-state index is 12.4. The van der Waals surface area contributed by atoms with Crippen LogP contribution in [0.4, 0.5) is 0 Å². The van der Waals surface area contributed by atoms with Crippen LogP contribution in [0.15, 0.2) is 42.6 Å². The quantitative estimate of drug-likeness (QED) is 0.758. The molecular formula is C15H15IN2O3S. The van der Waals surface area contributed by atoms with Crippen molar-refractivity contribution >= 4 is 38.3 Å². The molecule has 1 amide bonds. The highest BCUT2D eigenvalue weighted by molar-refractivity contribution is 14.1. The van der Waals surface area contributed by atoms with E-state index in [1.165, 1.54) is 0 Å². The van der Waals surface area contributed by atoms with Crippen LogP contribution >= 0.6 is 22.6 Å². The van der Waals surface area contributed by atoms with E-state index in [9.17, 15) is 13.2 Å². The van der Waals surface area contributed by atoms with Crippen molar-refractivity contribution < 1.29 is 13.2 Å². The summed E-state index contributed by atoms with van der Waals surface area (Å²) in [5.41, 5.74) is 1.41. The van der Waals surface area contributed by atoms with Crippen molar-refractivity contribution in [1.29, 1.82) is 0 Å². The number of amides is 1. The largest absolute Gasteiger partial charge is 0.347 e. The summed E-state index contributed by atoms with van der Waals surface area (Å²) in [4.78, 5) is 12.4. The number of rotatable bonds is 3. The lowest BCUT2D eigenvalue weighted by molar-refractivity contribution is 0.0934. The van der Waals surface area contributed by atoms with Crippen molar-refractivity contribution in [3.8, 4) is 5.69 Å². The Hall–Kier alpha value is -1.35. The summed E-state index contributed by atoms with van der Waals surface area (Å²) in [6.45, 7) is 0. The number of nitrogens with one attached hydrogen (secondary N) is 1. The zero-order valence-corrected chi connectivity index (χ0v) is 14.7. The van der Waals surface area contributed by atoms with Gasteiger partial charge in [-0.05, 0) is 59.3 Å². The normalized spacial score (nSPS) is 20.0. The molecule has 22 heavy (non-hydrogen) atoms. The number of sulfone groups is 1. The molecule has 7 heteroatoms. The Kier molecular flexibility index (Phi) is 4.26. The Morgan fingerprint density at radius 2 is 2.09 bits per heavy atom. The first-order valence-electron chi connectivity index (χ1n) is 6.89. The topological polar surface area (TPSA) is 68.2 Å². The number of carbonyl (C=O) groups excluding carboxylic acids is 1. The van der Waals surface area contributed by atoms with Crippen LogP contribution in [-0.2, 0) is 9.84 Å². The van der Waals surface area contributed by atoms with Crippen molar-refractivity contribution in [3.63, 3.8) is 0 Å². The Morgan fingerprint density at radius 3 is 2.77 bits per heavy atom. The van der Waals surface area contributed by atoms with Crippen LogP contribution in [-0.4, -0.2) is 36.4 Å². The Bertz CT molecular complexity index is 814. The predicted molar refractivity (Wildman–Crippen MR) is 93.0 cm³/mol. The molecule has 1 aromatic heterocycles. The summed E-state index contributed by atoms with van der Waals surface area (Å²) < 4.78 is 25.8. The highest BCUT2D eigenvalue weighted by Crippen LogP contribution is 2.17. The molecule has 1 unspecified atom stereocenters. The molecule has 1 atom stereocenters. The van der Waals surface area contributed by atoms with E-state index in [1.807, 2.05) is 30.5 Å². The minimum absolute atomic E-state index is 0.0304. The highest BCUT2D eigenvalue weighted by Gasteiger charge is 2.29. The summed E-state index contributed by atoms with van der Waals surface area (Å²) in [6.07, 6.45) is 2.31. The molecule has 0 spiro atoms. The van der Waals surface area contributed by atoms with Gasteiger partial charge in [-0.25, -0.2) is 8.42 Å². The monoisotopic (exact) mass is 430 g/mol. The first-order valence-corrected chi connectivity index (χ1v) is 9.79. The van der Waals surface area contributed by atoms with E-state index in [4.69, 9.17) is 0 Å². The molecule has 0 bridgehead atoms. The van der Waals surface area contributed by atoms with E-state index in [0.29, 0.717) is 12.1 Å². The third-order valence-electron chi connectivity index (χ3n) is 3.64. The van der Waals surface area contributed by atoms with Gasteiger partial charge < -0.3 is 9.88 Å². The van der Waals surface area contributed by atoms with Crippen LogP contribution in [0.3, 0.4) is 0 Å². The van der Waals surface area contributed by atoms with E-state index in [2.05, 4.69) is 27.9 Å². The molecule has 3 rings (SSSR count). The van der Waals surface area contributed by atoms with Gasteiger partial charge in [0.25, 0.3) is 5.91 Å². The summed E-state index contributed by atoms with van der Waals surface area (Å²) in [5.74, 6) is -0.0654. The lowest BCUT2D eigenvalue weighted by Gasteiger charge is -2.13. The lowest BCUT2D eigenvalue weighted by Crippen LogP contribution is -2.36. The molecular weight excluding hydrogens is 415 g/mol. The number of halogens is 1. The second kappa shape index (κ2) is 6.04. The first kappa shape index (κ1) is 15.5. The average Bonchev–Trinajstić information content (AvgIpc) is 3.05. The molecule has 0 saturated carbocycles. The van der Waals surface area contributed by atoms with Gasteiger partial charge in [0.2, 0.25) is 0 Å². The van der Waals surface area contributed by atoms with Gasteiger partial charge in [-0.3, -0.25) is 4.79 Å². The minimum Gasteiger partial charge on any atom is -0.347 e. The van der Waals surface area contributed by atoms with Crippen molar-refractivity contribution in [2.75, 3.05) is 11.5 Å². The van der Waals surface area contributed by atoms with Crippen molar-refractivity contribution in [3.05, 3.63) is 51.9 Å². The van der Waals surface area contributed by atoms with Crippen molar-refractivity contribution in [1.82, 2.24) is 9.88 Å². The average molecular weight is 430 g/mol. The van der Waals surface area contributed by atoms with E-state index in [0.717, 1.165) is 9.26 Å². The zero-order valence-electron chi connectivity index (χ0n) is 11.7. The van der Waals surface area contributed by atoms with E-state index in [1.54, 1.807) is 16.7 Å². The fourth-order valence-electron chi connectivity index (χ4n) is 2.59. The van der Waals surface area contributed by atoms with Crippen LogP contribution in [0.2, 0.25) is 0 Å². The predicted octanol–water partition coefficient (Wildman–Crippen LogP) is 2.00. The maximum Gasteiger partial charge on any atom is 0.268 e. The van der Waals surface area contributed by atoms with Crippen LogP contribution in [0.1, 0.15) is 16.9 Å². The highest BCUT2D eigenvalue weighted by atomic mass is 127. The van der Waals surface area contributed by atoms with Gasteiger partial charge in [-0.2, -0.15) is 0 Å². The number of hydrogen-bond donors (Lipinski definition) is 1. The number of aromatic nitrogens is 1. The van der Waals surface area contributed by atoms with Gasteiger partial charge >= 0.3 is 0 Å². The smallest absolute Gasteiger partial charge is 0.268 e. The first-order chi connectivity index (χ1) is 10.4. The molecule has 2 heterocycles. The Labute approximate surface area is 142 Å². The van der Waals surface area contributed by atoms with E-state index >= 15 is 0 Å². The van der Waals surface area contributed by atoms with Gasteiger partial charge in [0, 0.05) is 21.5 Å². The van der Waals surface area contributed by atoms with Gasteiger partial charge in [-0.15, -0.1) is 0 Å². The zero-order chi connectivity index (χ0) is 15.7. The summed E-state index contributed by atoms with van der Waals surface area (Å²) >= 11 is 2.22. The molecule has 1 aliphatic heterocycles. The number of hydrogen-bond acceptors (Lipinski definition) is 3. The molecule has 1 saturated heterocycles. The maximum absolute atomic E-state index is 12.4. The molecule has 2 aromatic rings. The van der Waals surface area contributed by atoms with Gasteiger partial charge in [-0.1, -0.05) is 6.07 Å². The number of nitrogens with zero attached hydrogens (tertiary/aromatic N) is 1. The summed E-state index contributed by atoms with van der Waals surface area (Å²) in [5, 5.41) is 2.82. The SMILES string of the molecule is O=C(NC1CCS(=O)(=O)C1)c1cccn1-c1cccc(I)c1. The lowest BCUT2D eigenvalue weighted by atomic mass is 10.2. The molecule has 0 radical (unpaired) electrons. The van der Waals surface area contributed by atoms with Crippen molar-refractivity contribution in [2.45, 2.75) is 12.5 Å². The standard InChI is InChI=1S/C15H15IN2O3S/c16-11-3-1-4-13(9-11)18-7-2-5-14(18)15(19)17-12-6-8-22(20,21)10-12/h1-5,7,9,12H,6,8,10H2,(H,17,19). The molecule has 1 N–H and O–H groups in total. The molecule has 1 aromatic carbocycles. The Morgan fingerprint density at radius 1 is 1.27 bits per heavy atom. The molecule has 1 fully saturated rings. The van der Waals surface area contributed by atoms with Gasteiger partial charge in [0.05, 0.1) is 11.5 Å². The summed E-state index contributed by atoms with van der Waals surface area (Å²) in [7, 11) is -3.00. The molecule has 0 aliphatic carbocycles. The fourth-order valence-corrected chi connectivity index (χ4v) is 4.79. The van der Waals surface area contributed by atoms with Crippen LogP contribution in [0.5, 0.6) is 0 Å². The third kappa shape index (κ3) is 3.35. The van der Waals surface area contributed by atoms with Crippen molar-refractivity contribution in [2.24, 2.45) is 0 Å². The van der Waals surface area contributed by atoms with E-state index in [-0.39, 0.29) is 23.5 Å². The molecule has 1 aliphatic rings. The van der Waals surface area contributed by atoms with Gasteiger partial charge in [0.15, 0.2) is 9.84 Å². The second-order valence-corrected chi connectivity index (χ2v) is 8.79. The molecule has 116 valence electrons. The summed E-state index contributed by atoms with van der Waals surface area (Å²) in [6, 6.07) is 11.1. The van der Waals surface area contributed by atoms with Crippen LogP contribution in [0.25, 0.3) is 5.69 Å². The van der Waals surface area contributed by atoms with Crippen LogP contribution < -0.4 is 5.32 Å².